The van der Waals surface area contributed by atoms with Gasteiger partial charge in [-0.15, -0.1) is 21.5 Å². The summed E-state index contributed by atoms with van der Waals surface area (Å²) in [6, 6.07) is 11.5. The predicted octanol–water partition coefficient (Wildman–Crippen LogP) is 4.80. The minimum absolute atomic E-state index is 0.124. The third kappa shape index (κ3) is 4.91. The fraction of sp³-hybridized carbons (Fsp3) is 0.261. The summed E-state index contributed by atoms with van der Waals surface area (Å²) in [6.07, 6.45) is 2.67. The zero-order valence-electron chi connectivity index (χ0n) is 18.1. The Hall–Kier alpha value is -3.24. The highest BCUT2D eigenvalue weighted by molar-refractivity contribution is 7.99. The van der Waals surface area contributed by atoms with Gasteiger partial charge in [0, 0.05) is 11.8 Å². The van der Waals surface area contributed by atoms with Crippen molar-refractivity contribution >= 4 is 34.7 Å². The Morgan fingerprint density at radius 3 is 2.79 bits per heavy atom. The van der Waals surface area contributed by atoms with Crippen LogP contribution in [0.5, 0.6) is 0 Å². The molecule has 3 aromatic heterocycles. The van der Waals surface area contributed by atoms with Crippen LogP contribution in [0.2, 0.25) is 0 Å². The van der Waals surface area contributed by atoms with Crippen LogP contribution in [0.15, 0.2) is 67.2 Å². The van der Waals surface area contributed by atoms with Crippen molar-refractivity contribution in [1.82, 2.24) is 20.2 Å². The second-order valence-electron chi connectivity index (χ2n) is 7.67. The number of aryl methyl sites for hydroxylation is 2. The molecule has 1 aliphatic rings. The standard InChI is InChI=1S/C23H21N5O3S2/c1-14-5-7-16(8-6-14)18-11-19(20-4-3-9-30-20)28(27-18)22(29)13-33-23-26-25-21(31-23)10-17-12-32-15(2)24-17/h3-9,12,19H,10-11,13H2,1-2H3. The summed E-state index contributed by atoms with van der Waals surface area (Å²) in [4.78, 5) is 17.5. The quantitative estimate of drug-likeness (QED) is 0.351. The molecule has 10 heteroatoms. The molecule has 33 heavy (non-hydrogen) atoms. The van der Waals surface area contributed by atoms with E-state index in [1.165, 1.54) is 22.3 Å². The summed E-state index contributed by atoms with van der Waals surface area (Å²) in [6.45, 7) is 4.00. The van der Waals surface area contributed by atoms with Gasteiger partial charge in [0.05, 0.1) is 34.9 Å². The summed E-state index contributed by atoms with van der Waals surface area (Å²) in [7, 11) is 0. The number of thioether (sulfide) groups is 1. The molecule has 0 radical (unpaired) electrons. The van der Waals surface area contributed by atoms with Gasteiger partial charge in [-0.3, -0.25) is 4.79 Å². The molecule has 5 rings (SSSR count). The number of aromatic nitrogens is 3. The van der Waals surface area contributed by atoms with E-state index in [9.17, 15) is 4.79 Å². The highest BCUT2D eigenvalue weighted by atomic mass is 32.2. The first-order valence-corrected chi connectivity index (χ1v) is 12.3. The third-order valence-electron chi connectivity index (χ3n) is 5.19. The molecule has 0 aliphatic carbocycles. The van der Waals surface area contributed by atoms with Crippen molar-refractivity contribution in [2.45, 2.75) is 38.0 Å². The first-order valence-electron chi connectivity index (χ1n) is 10.4. The average molecular weight is 480 g/mol. The summed E-state index contributed by atoms with van der Waals surface area (Å²) in [5.74, 6) is 1.15. The van der Waals surface area contributed by atoms with Crippen LogP contribution in [0.3, 0.4) is 0 Å². The van der Waals surface area contributed by atoms with Crippen LogP contribution < -0.4 is 0 Å². The Labute approximate surface area is 198 Å². The van der Waals surface area contributed by atoms with E-state index in [1.807, 2.05) is 55.6 Å². The number of carbonyl (C=O) groups excluding carboxylic acids is 1. The SMILES string of the molecule is Cc1ccc(C2=NN(C(=O)CSc3nnc(Cc4csc(C)n4)o3)C(c3ccco3)C2)cc1. The molecule has 168 valence electrons. The number of amides is 1. The van der Waals surface area contributed by atoms with Gasteiger partial charge in [0.25, 0.3) is 11.1 Å². The Morgan fingerprint density at radius 1 is 1.21 bits per heavy atom. The Morgan fingerprint density at radius 2 is 2.06 bits per heavy atom. The van der Waals surface area contributed by atoms with Gasteiger partial charge >= 0.3 is 0 Å². The molecule has 0 spiro atoms. The second kappa shape index (κ2) is 9.32. The van der Waals surface area contributed by atoms with E-state index in [0.29, 0.717) is 29.7 Å². The first-order chi connectivity index (χ1) is 16.0. The van der Waals surface area contributed by atoms with Crippen LogP contribution in [0.25, 0.3) is 0 Å². The van der Waals surface area contributed by atoms with Crippen molar-refractivity contribution in [3.8, 4) is 0 Å². The zero-order valence-corrected chi connectivity index (χ0v) is 19.7. The first kappa shape index (κ1) is 21.6. The normalized spacial score (nSPS) is 15.8. The maximum atomic E-state index is 13.1. The molecule has 0 bridgehead atoms. The number of hydrazone groups is 1. The minimum Gasteiger partial charge on any atom is -0.467 e. The van der Waals surface area contributed by atoms with Crippen molar-refractivity contribution in [3.63, 3.8) is 0 Å². The molecular formula is C23H21N5O3S2. The zero-order chi connectivity index (χ0) is 22.8. The maximum Gasteiger partial charge on any atom is 0.277 e. The van der Waals surface area contributed by atoms with Crippen LogP contribution in [-0.2, 0) is 11.2 Å². The molecule has 1 aliphatic heterocycles. The van der Waals surface area contributed by atoms with Crippen molar-refractivity contribution in [3.05, 3.63) is 81.5 Å². The Kier molecular flexibility index (Phi) is 6.10. The van der Waals surface area contributed by atoms with Crippen molar-refractivity contribution in [1.29, 1.82) is 0 Å². The lowest BCUT2D eigenvalue weighted by Crippen LogP contribution is -2.28. The number of furan rings is 1. The lowest BCUT2D eigenvalue weighted by atomic mass is 10.0. The fourth-order valence-electron chi connectivity index (χ4n) is 3.57. The second-order valence-corrected chi connectivity index (χ2v) is 9.66. The van der Waals surface area contributed by atoms with Crippen LogP contribution in [0.1, 0.15) is 45.9 Å². The van der Waals surface area contributed by atoms with Gasteiger partial charge in [-0.25, -0.2) is 9.99 Å². The van der Waals surface area contributed by atoms with Crippen LogP contribution in [0, 0.1) is 13.8 Å². The van der Waals surface area contributed by atoms with Gasteiger partial charge in [0.2, 0.25) is 5.89 Å². The van der Waals surface area contributed by atoms with Crippen LogP contribution in [-0.4, -0.2) is 37.6 Å². The highest BCUT2D eigenvalue weighted by Crippen LogP contribution is 2.34. The molecule has 0 N–H and O–H groups in total. The molecule has 0 saturated carbocycles. The summed E-state index contributed by atoms with van der Waals surface area (Å²) < 4.78 is 11.3. The fourth-order valence-corrected chi connectivity index (χ4v) is 4.81. The van der Waals surface area contributed by atoms with Crippen molar-refractivity contribution in [2.75, 3.05) is 5.75 Å². The molecule has 4 heterocycles. The van der Waals surface area contributed by atoms with E-state index in [1.54, 1.807) is 17.6 Å². The molecular weight excluding hydrogens is 458 g/mol. The number of benzene rings is 1. The molecule has 1 amide bonds. The smallest absolute Gasteiger partial charge is 0.277 e. The van der Waals surface area contributed by atoms with E-state index >= 15 is 0 Å². The monoisotopic (exact) mass is 479 g/mol. The molecule has 1 unspecified atom stereocenters. The number of rotatable bonds is 7. The minimum atomic E-state index is -0.282. The van der Waals surface area contributed by atoms with E-state index in [4.69, 9.17) is 8.83 Å². The van der Waals surface area contributed by atoms with Crippen molar-refractivity contribution in [2.24, 2.45) is 5.10 Å². The summed E-state index contributed by atoms with van der Waals surface area (Å²) >= 11 is 2.78. The lowest BCUT2D eigenvalue weighted by molar-refractivity contribution is -0.130. The van der Waals surface area contributed by atoms with Gasteiger partial charge < -0.3 is 8.83 Å². The Balaban J connectivity index is 1.28. The van der Waals surface area contributed by atoms with E-state index < -0.39 is 0 Å². The number of carbonyl (C=O) groups is 1. The maximum absolute atomic E-state index is 13.1. The molecule has 1 aromatic carbocycles. The van der Waals surface area contributed by atoms with Gasteiger partial charge in [-0.1, -0.05) is 41.6 Å². The Bertz CT molecular complexity index is 1280. The van der Waals surface area contributed by atoms with E-state index in [0.717, 1.165) is 22.0 Å². The van der Waals surface area contributed by atoms with Gasteiger partial charge in [0.15, 0.2) is 0 Å². The number of hydrogen-bond acceptors (Lipinski definition) is 9. The highest BCUT2D eigenvalue weighted by Gasteiger charge is 2.35. The van der Waals surface area contributed by atoms with Crippen molar-refractivity contribution < 1.29 is 13.6 Å². The van der Waals surface area contributed by atoms with E-state index in [2.05, 4.69) is 20.3 Å². The van der Waals surface area contributed by atoms with E-state index in [-0.39, 0.29) is 17.7 Å². The number of nitrogens with zero attached hydrogens (tertiary/aromatic N) is 5. The molecule has 8 nitrogen and oxygen atoms in total. The predicted molar refractivity (Wildman–Crippen MR) is 125 cm³/mol. The lowest BCUT2D eigenvalue weighted by Gasteiger charge is -2.19. The molecule has 0 saturated heterocycles. The molecule has 1 atom stereocenters. The largest absolute Gasteiger partial charge is 0.467 e. The topological polar surface area (TPSA) is 97.6 Å². The molecule has 4 aromatic rings. The number of thiazole rings is 1. The average Bonchev–Trinajstić information content (AvgIpc) is 3.60. The summed E-state index contributed by atoms with van der Waals surface area (Å²) in [5, 5.41) is 17.6. The van der Waals surface area contributed by atoms with Gasteiger partial charge in [0.1, 0.15) is 11.8 Å². The van der Waals surface area contributed by atoms with Crippen LogP contribution >= 0.6 is 23.1 Å². The molecule has 0 fully saturated rings. The van der Waals surface area contributed by atoms with Gasteiger partial charge in [-0.2, -0.15) is 5.10 Å². The van der Waals surface area contributed by atoms with Gasteiger partial charge in [-0.05, 0) is 31.5 Å². The summed E-state index contributed by atoms with van der Waals surface area (Å²) in [5.41, 5.74) is 3.92. The van der Waals surface area contributed by atoms with Crippen LogP contribution in [0.4, 0.5) is 0 Å². The number of hydrogen-bond donors (Lipinski definition) is 0. The third-order valence-corrected chi connectivity index (χ3v) is 6.81.